The SMILES string of the molecule is Nc1ccc(O)cc1C(=O)N1CCN(CC(F)(F)F)CC1. The van der Waals surface area contributed by atoms with E-state index in [0.29, 0.717) is 0 Å². The predicted molar refractivity (Wildman–Crippen MR) is 70.9 cm³/mol. The fourth-order valence-electron chi connectivity index (χ4n) is 2.26. The molecule has 1 aliphatic heterocycles. The molecule has 2 rings (SSSR count). The molecule has 1 aliphatic rings. The van der Waals surface area contributed by atoms with Crippen LogP contribution in [-0.4, -0.2) is 59.7 Å². The van der Waals surface area contributed by atoms with Crippen molar-refractivity contribution >= 4 is 11.6 Å². The number of phenols is 1. The number of anilines is 1. The number of benzene rings is 1. The van der Waals surface area contributed by atoms with Gasteiger partial charge in [-0.15, -0.1) is 0 Å². The maximum Gasteiger partial charge on any atom is 0.401 e. The Morgan fingerprint density at radius 2 is 1.86 bits per heavy atom. The molecule has 0 aromatic heterocycles. The molecular formula is C13H16F3N3O2. The smallest absolute Gasteiger partial charge is 0.401 e. The Morgan fingerprint density at radius 1 is 1.24 bits per heavy atom. The Balaban J connectivity index is 1.99. The highest BCUT2D eigenvalue weighted by molar-refractivity contribution is 5.99. The first-order valence-electron chi connectivity index (χ1n) is 6.43. The number of nitrogens with zero attached hydrogens (tertiary/aromatic N) is 2. The summed E-state index contributed by atoms with van der Waals surface area (Å²) in [6, 6.07) is 4.05. The second-order valence-electron chi connectivity index (χ2n) is 4.96. The fourth-order valence-corrected chi connectivity index (χ4v) is 2.26. The van der Waals surface area contributed by atoms with Crippen molar-refractivity contribution in [3.05, 3.63) is 23.8 Å². The molecular weight excluding hydrogens is 287 g/mol. The number of phenolic OH excluding ortho intramolecular Hbond substituents is 1. The van der Waals surface area contributed by atoms with E-state index in [-0.39, 0.29) is 49.1 Å². The van der Waals surface area contributed by atoms with Crippen LogP contribution < -0.4 is 5.73 Å². The molecule has 1 fully saturated rings. The number of rotatable bonds is 2. The molecule has 116 valence electrons. The van der Waals surface area contributed by atoms with Gasteiger partial charge in [0.2, 0.25) is 0 Å². The molecule has 21 heavy (non-hydrogen) atoms. The van der Waals surface area contributed by atoms with E-state index in [1.165, 1.54) is 28.0 Å². The number of carbonyl (C=O) groups is 1. The minimum Gasteiger partial charge on any atom is -0.508 e. The molecule has 0 unspecified atom stereocenters. The fraction of sp³-hybridized carbons (Fsp3) is 0.462. The maximum absolute atomic E-state index is 12.3. The van der Waals surface area contributed by atoms with Crippen molar-refractivity contribution in [1.82, 2.24) is 9.80 Å². The van der Waals surface area contributed by atoms with Crippen LogP contribution in [0.15, 0.2) is 18.2 Å². The third-order valence-corrected chi connectivity index (χ3v) is 3.33. The summed E-state index contributed by atoms with van der Waals surface area (Å²) >= 11 is 0. The van der Waals surface area contributed by atoms with E-state index in [0.717, 1.165) is 0 Å². The number of halogens is 3. The molecule has 0 saturated carbocycles. The second kappa shape index (κ2) is 5.80. The number of nitrogens with two attached hydrogens (primary N) is 1. The third kappa shape index (κ3) is 4.01. The Morgan fingerprint density at radius 3 is 2.43 bits per heavy atom. The van der Waals surface area contributed by atoms with Crippen molar-refractivity contribution in [3.8, 4) is 5.75 Å². The summed E-state index contributed by atoms with van der Waals surface area (Å²) in [4.78, 5) is 15.0. The van der Waals surface area contributed by atoms with Gasteiger partial charge in [0.05, 0.1) is 12.1 Å². The van der Waals surface area contributed by atoms with Gasteiger partial charge in [-0.1, -0.05) is 0 Å². The molecule has 1 heterocycles. The number of piperazine rings is 1. The quantitative estimate of drug-likeness (QED) is 0.638. The molecule has 0 atom stereocenters. The van der Waals surface area contributed by atoms with E-state index < -0.39 is 12.7 Å². The van der Waals surface area contributed by atoms with E-state index in [9.17, 15) is 23.1 Å². The van der Waals surface area contributed by atoms with Crippen LogP contribution in [0.3, 0.4) is 0 Å². The van der Waals surface area contributed by atoms with Crippen molar-refractivity contribution in [1.29, 1.82) is 0 Å². The van der Waals surface area contributed by atoms with E-state index in [2.05, 4.69) is 0 Å². The van der Waals surface area contributed by atoms with Crippen LogP contribution in [0.25, 0.3) is 0 Å². The first-order chi connectivity index (χ1) is 9.76. The molecule has 0 aliphatic carbocycles. The number of hydrogen-bond donors (Lipinski definition) is 2. The minimum absolute atomic E-state index is 0.0803. The van der Waals surface area contributed by atoms with Crippen LogP contribution in [0, 0.1) is 0 Å². The van der Waals surface area contributed by atoms with Gasteiger partial charge in [-0.2, -0.15) is 13.2 Å². The molecule has 0 bridgehead atoms. The molecule has 0 radical (unpaired) electrons. The number of nitrogen functional groups attached to an aromatic ring is 1. The summed E-state index contributed by atoms with van der Waals surface area (Å²) in [5.74, 6) is -0.460. The van der Waals surface area contributed by atoms with Crippen LogP contribution in [0.1, 0.15) is 10.4 Å². The molecule has 8 heteroatoms. The van der Waals surface area contributed by atoms with Gasteiger partial charge in [0.1, 0.15) is 5.75 Å². The van der Waals surface area contributed by atoms with E-state index in [1.54, 1.807) is 0 Å². The first kappa shape index (κ1) is 15.4. The van der Waals surface area contributed by atoms with E-state index in [1.807, 2.05) is 0 Å². The summed E-state index contributed by atoms with van der Waals surface area (Å²) in [7, 11) is 0. The zero-order valence-electron chi connectivity index (χ0n) is 11.2. The molecule has 1 amide bonds. The minimum atomic E-state index is -4.23. The van der Waals surface area contributed by atoms with Crippen molar-refractivity contribution in [2.24, 2.45) is 0 Å². The normalized spacial score (nSPS) is 17.0. The van der Waals surface area contributed by atoms with Gasteiger partial charge >= 0.3 is 6.18 Å². The first-order valence-corrected chi connectivity index (χ1v) is 6.43. The molecule has 3 N–H and O–H groups in total. The topological polar surface area (TPSA) is 69.8 Å². The monoisotopic (exact) mass is 303 g/mol. The van der Waals surface area contributed by atoms with Crippen LogP contribution in [0.5, 0.6) is 5.75 Å². The third-order valence-electron chi connectivity index (χ3n) is 3.33. The van der Waals surface area contributed by atoms with Gasteiger partial charge in [-0.3, -0.25) is 9.69 Å². The summed E-state index contributed by atoms with van der Waals surface area (Å²) in [6.07, 6.45) is -4.23. The lowest BCUT2D eigenvalue weighted by molar-refractivity contribution is -0.148. The largest absolute Gasteiger partial charge is 0.508 e. The lowest BCUT2D eigenvalue weighted by Crippen LogP contribution is -2.51. The van der Waals surface area contributed by atoms with Gasteiger partial charge in [-0.25, -0.2) is 0 Å². The lowest BCUT2D eigenvalue weighted by atomic mass is 10.1. The van der Waals surface area contributed by atoms with Gasteiger partial charge in [0.25, 0.3) is 5.91 Å². The summed E-state index contributed by atoms with van der Waals surface area (Å²) in [6.45, 7) is -0.259. The van der Waals surface area contributed by atoms with Gasteiger partial charge < -0.3 is 15.7 Å². The molecule has 1 aromatic rings. The number of hydrogen-bond acceptors (Lipinski definition) is 4. The maximum atomic E-state index is 12.3. The zero-order chi connectivity index (χ0) is 15.6. The van der Waals surface area contributed by atoms with Crippen LogP contribution in [-0.2, 0) is 0 Å². The highest BCUT2D eigenvalue weighted by Crippen LogP contribution is 2.22. The number of aromatic hydroxyl groups is 1. The Kier molecular flexibility index (Phi) is 4.26. The van der Waals surface area contributed by atoms with Crippen molar-refractivity contribution in [3.63, 3.8) is 0 Å². The molecule has 5 nitrogen and oxygen atoms in total. The summed E-state index contributed by atoms with van der Waals surface area (Å²) < 4.78 is 36.9. The van der Waals surface area contributed by atoms with Crippen LogP contribution in [0.4, 0.5) is 18.9 Å². The standard InChI is InChI=1S/C13H16F3N3O2/c14-13(15,16)8-18-3-5-19(6-4-18)12(21)10-7-9(20)1-2-11(10)17/h1-2,7,20H,3-6,8,17H2. The summed E-state index contributed by atoms with van der Waals surface area (Å²) in [5.41, 5.74) is 6.09. The number of carbonyl (C=O) groups excluding carboxylic acids is 1. The van der Waals surface area contributed by atoms with Crippen molar-refractivity contribution in [2.75, 3.05) is 38.5 Å². The molecule has 1 aromatic carbocycles. The van der Waals surface area contributed by atoms with Crippen LogP contribution in [0.2, 0.25) is 0 Å². The average Bonchev–Trinajstić information content (AvgIpc) is 2.40. The second-order valence-corrected chi connectivity index (χ2v) is 4.96. The van der Waals surface area contributed by atoms with E-state index in [4.69, 9.17) is 5.73 Å². The Labute approximate surface area is 119 Å². The number of alkyl halides is 3. The van der Waals surface area contributed by atoms with Gasteiger partial charge in [0.15, 0.2) is 0 Å². The average molecular weight is 303 g/mol. The lowest BCUT2D eigenvalue weighted by Gasteiger charge is -2.35. The van der Waals surface area contributed by atoms with E-state index >= 15 is 0 Å². The van der Waals surface area contributed by atoms with Crippen molar-refractivity contribution < 1.29 is 23.1 Å². The van der Waals surface area contributed by atoms with Gasteiger partial charge in [-0.05, 0) is 18.2 Å². The van der Waals surface area contributed by atoms with Gasteiger partial charge in [0, 0.05) is 31.9 Å². The molecule has 0 spiro atoms. The zero-order valence-corrected chi connectivity index (χ0v) is 11.2. The number of amides is 1. The highest BCUT2D eigenvalue weighted by atomic mass is 19.4. The molecule has 1 saturated heterocycles. The summed E-state index contributed by atoms with van der Waals surface area (Å²) in [5, 5.41) is 9.39. The van der Waals surface area contributed by atoms with Crippen LogP contribution >= 0.6 is 0 Å². The van der Waals surface area contributed by atoms with Crippen molar-refractivity contribution in [2.45, 2.75) is 6.18 Å². The predicted octanol–water partition coefficient (Wildman–Crippen LogP) is 1.29. The Hall–Kier alpha value is -1.96. The Bertz CT molecular complexity index is 526. The highest BCUT2D eigenvalue weighted by Gasteiger charge is 2.33.